The van der Waals surface area contributed by atoms with Crippen molar-refractivity contribution >= 4 is 5.97 Å². The zero-order chi connectivity index (χ0) is 14.8. The molecule has 104 valence electrons. The molecule has 1 aromatic carbocycles. The van der Waals surface area contributed by atoms with Gasteiger partial charge in [0.05, 0.1) is 5.69 Å². The van der Waals surface area contributed by atoms with Crippen LogP contribution in [0.2, 0.25) is 0 Å². The molecule has 2 heterocycles. The van der Waals surface area contributed by atoms with E-state index in [4.69, 9.17) is 0 Å². The molecule has 0 amide bonds. The number of para-hydroxylation sites is 1. The molecule has 5 heteroatoms. The maximum atomic E-state index is 11.5. The topological polar surface area (TPSA) is 68.0 Å². The molecule has 21 heavy (non-hydrogen) atoms. The van der Waals surface area contributed by atoms with E-state index < -0.39 is 5.97 Å². The normalized spacial score (nSPS) is 10.5. The summed E-state index contributed by atoms with van der Waals surface area (Å²) < 4.78 is 1.61. The lowest BCUT2D eigenvalue weighted by atomic mass is 10.1. The smallest absolute Gasteiger partial charge is 0.339 e. The molecule has 3 aromatic rings. The first-order chi connectivity index (χ1) is 10.2. The van der Waals surface area contributed by atoms with Gasteiger partial charge in [-0.25, -0.2) is 9.48 Å². The quantitative estimate of drug-likeness (QED) is 0.800. The SMILES string of the molecule is Cc1ccccc1-n1cc(C(=O)O)c(-c2ccncc2)n1. The zero-order valence-corrected chi connectivity index (χ0v) is 11.4. The Morgan fingerprint density at radius 2 is 1.86 bits per heavy atom. The van der Waals surface area contributed by atoms with Gasteiger partial charge in [0.2, 0.25) is 0 Å². The predicted octanol–water partition coefficient (Wildman–Crippen LogP) is 2.94. The first kappa shape index (κ1) is 13.1. The molecule has 0 radical (unpaired) electrons. The molecule has 0 aliphatic rings. The van der Waals surface area contributed by atoms with E-state index >= 15 is 0 Å². The molecule has 5 nitrogen and oxygen atoms in total. The third-order valence-corrected chi connectivity index (χ3v) is 3.26. The van der Waals surface area contributed by atoms with Crippen LogP contribution in [-0.4, -0.2) is 25.8 Å². The van der Waals surface area contributed by atoms with Crippen LogP contribution in [0.4, 0.5) is 0 Å². The highest BCUT2D eigenvalue weighted by molar-refractivity contribution is 5.94. The Morgan fingerprint density at radius 3 is 2.52 bits per heavy atom. The lowest BCUT2D eigenvalue weighted by molar-refractivity contribution is 0.0697. The number of nitrogens with zero attached hydrogens (tertiary/aromatic N) is 3. The van der Waals surface area contributed by atoms with Crippen LogP contribution < -0.4 is 0 Å². The van der Waals surface area contributed by atoms with E-state index in [0.29, 0.717) is 5.69 Å². The van der Waals surface area contributed by atoms with Gasteiger partial charge in [-0.2, -0.15) is 5.10 Å². The number of aromatic carboxylic acids is 1. The number of hydrogen-bond acceptors (Lipinski definition) is 3. The largest absolute Gasteiger partial charge is 0.478 e. The Kier molecular flexibility index (Phi) is 3.23. The van der Waals surface area contributed by atoms with E-state index in [1.54, 1.807) is 35.4 Å². The maximum absolute atomic E-state index is 11.5. The van der Waals surface area contributed by atoms with E-state index in [1.807, 2.05) is 31.2 Å². The third-order valence-electron chi connectivity index (χ3n) is 3.26. The average Bonchev–Trinajstić information content (AvgIpc) is 2.94. The number of carboxylic acids is 1. The highest BCUT2D eigenvalue weighted by Crippen LogP contribution is 2.24. The molecule has 0 bridgehead atoms. The lowest BCUT2D eigenvalue weighted by Crippen LogP contribution is -1.97. The summed E-state index contributed by atoms with van der Waals surface area (Å²) in [4.78, 5) is 15.4. The van der Waals surface area contributed by atoms with Crippen LogP contribution in [0.3, 0.4) is 0 Å². The molecule has 2 aromatic heterocycles. The number of aromatic nitrogens is 3. The summed E-state index contributed by atoms with van der Waals surface area (Å²) in [6.45, 7) is 1.96. The van der Waals surface area contributed by atoms with Crippen LogP contribution in [-0.2, 0) is 0 Å². The molecule has 0 spiro atoms. The second-order valence-electron chi connectivity index (χ2n) is 4.66. The Morgan fingerprint density at radius 1 is 1.14 bits per heavy atom. The summed E-state index contributed by atoms with van der Waals surface area (Å²) in [5, 5.41) is 13.8. The van der Waals surface area contributed by atoms with Crippen LogP contribution in [0.1, 0.15) is 15.9 Å². The van der Waals surface area contributed by atoms with Crippen molar-refractivity contribution in [2.45, 2.75) is 6.92 Å². The molecular weight excluding hydrogens is 266 g/mol. The number of carboxylic acid groups (broad SMARTS) is 1. The van der Waals surface area contributed by atoms with E-state index in [1.165, 1.54) is 0 Å². The second-order valence-corrected chi connectivity index (χ2v) is 4.66. The summed E-state index contributed by atoms with van der Waals surface area (Å²) in [6.07, 6.45) is 4.78. The first-order valence-electron chi connectivity index (χ1n) is 6.46. The summed E-state index contributed by atoms with van der Waals surface area (Å²) in [7, 11) is 0. The van der Waals surface area contributed by atoms with Crippen LogP contribution in [0, 0.1) is 6.92 Å². The van der Waals surface area contributed by atoms with E-state index in [2.05, 4.69) is 10.1 Å². The highest BCUT2D eigenvalue weighted by Gasteiger charge is 2.18. The van der Waals surface area contributed by atoms with Gasteiger partial charge in [-0.1, -0.05) is 18.2 Å². The Bertz CT molecular complexity index is 794. The minimum atomic E-state index is -0.998. The van der Waals surface area contributed by atoms with Crippen LogP contribution in [0.25, 0.3) is 16.9 Å². The fourth-order valence-corrected chi connectivity index (χ4v) is 2.20. The van der Waals surface area contributed by atoms with E-state index in [9.17, 15) is 9.90 Å². The van der Waals surface area contributed by atoms with Crippen molar-refractivity contribution in [2.24, 2.45) is 0 Å². The Labute approximate surface area is 121 Å². The van der Waals surface area contributed by atoms with Gasteiger partial charge >= 0.3 is 5.97 Å². The van der Waals surface area contributed by atoms with Crippen LogP contribution in [0.15, 0.2) is 55.0 Å². The number of rotatable bonds is 3. The predicted molar refractivity (Wildman–Crippen MR) is 78.5 cm³/mol. The van der Waals surface area contributed by atoms with E-state index in [-0.39, 0.29) is 5.56 Å². The molecule has 0 atom stereocenters. The lowest BCUT2D eigenvalue weighted by Gasteiger charge is -2.04. The minimum Gasteiger partial charge on any atom is -0.478 e. The standard InChI is InChI=1S/C16H13N3O2/c1-11-4-2-3-5-14(11)19-10-13(16(20)21)15(18-19)12-6-8-17-9-7-12/h2-10H,1H3,(H,20,21). The third kappa shape index (κ3) is 2.41. The molecule has 0 aliphatic heterocycles. The molecular formula is C16H13N3O2. The van der Waals surface area contributed by atoms with Crippen molar-refractivity contribution in [1.82, 2.24) is 14.8 Å². The number of hydrogen-bond donors (Lipinski definition) is 1. The maximum Gasteiger partial charge on any atom is 0.339 e. The second kappa shape index (κ2) is 5.20. The molecule has 0 aliphatic carbocycles. The molecule has 0 unspecified atom stereocenters. The van der Waals surface area contributed by atoms with Crippen molar-refractivity contribution < 1.29 is 9.90 Å². The molecule has 0 saturated carbocycles. The van der Waals surface area contributed by atoms with Gasteiger partial charge < -0.3 is 5.11 Å². The molecule has 0 fully saturated rings. The number of pyridine rings is 1. The summed E-state index contributed by atoms with van der Waals surface area (Å²) in [5.74, 6) is -0.998. The van der Waals surface area contributed by atoms with Crippen molar-refractivity contribution in [3.63, 3.8) is 0 Å². The van der Waals surface area contributed by atoms with Gasteiger partial charge in [-0.15, -0.1) is 0 Å². The molecule has 0 saturated heterocycles. The Hall–Kier alpha value is -2.95. The molecule has 3 rings (SSSR count). The van der Waals surface area contributed by atoms with Gasteiger partial charge in [0.25, 0.3) is 0 Å². The van der Waals surface area contributed by atoms with Gasteiger partial charge in [-0.05, 0) is 30.7 Å². The zero-order valence-electron chi connectivity index (χ0n) is 11.4. The molecule has 1 N–H and O–H groups in total. The van der Waals surface area contributed by atoms with Gasteiger partial charge in [-0.3, -0.25) is 4.98 Å². The summed E-state index contributed by atoms with van der Waals surface area (Å²) in [6, 6.07) is 11.2. The first-order valence-corrected chi connectivity index (χ1v) is 6.46. The van der Waals surface area contributed by atoms with Gasteiger partial charge in [0.1, 0.15) is 11.3 Å². The fourth-order valence-electron chi connectivity index (χ4n) is 2.20. The van der Waals surface area contributed by atoms with Crippen LogP contribution in [0.5, 0.6) is 0 Å². The van der Waals surface area contributed by atoms with Crippen molar-refractivity contribution in [3.8, 4) is 16.9 Å². The van der Waals surface area contributed by atoms with Gasteiger partial charge in [0, 0.05) is 24.2 Å². The monoisotopic (exact) mass is 279 g/mol. The Balaban J connectivity index is 2.18. The average molecular weight is 279 g/mol. The number of benzene rings is 1. The number of aryl methyl sites for hydroxylation is 1. The van der Waals surface area contributed by atoms with Crippen molar-refractivity contribution in [2.75, 3.05) is 0 Å². The van der Waals surface area contributed by atoms with E-state index in [0.717, 1.165) is 16.8 Å². The summed E-state index contributed by atoms with van der Waals surface area (Å²) in [5.41, 5.74) is 3.23. The summed E-state index contributed by atoms with van der Waals surface area (Å²) >= 11 is 0. The highest BCUT2D eigenvalue weighted by atomic mass is 16.4. The number of carbonyl (C=O) groups is 1. The van der Waals surface area contributed by atoms with Crippen LogP contribution >= 0.6 is 0 Å². The van der Waals surface area contributed by atoms with Crippen molar-refractivity contribution in [3.05, 3.63) is 66.1 Å². The van der Waals surface area contributed by atoms with Gasteiger partial charge in [0.15, 0.2) is 0 Å². The fraction of sp³-hybridized carbons (Fsp3) is 0.0625. The minimum absolute atomic E-state index is 0.171. The van der Waals surface area contributed by atoms with Crippen molar-refractivity contribution in [1.29, 1.82) is 0 Å².